The van der Waals surface area contributed by atoms with E-state index in [1.165, 1.54) is 0 Å². The molecule has 0 aromatic carbocycles. The summed E-state index contributed by atoms with van der Waals surface area (Å²) in [7, 11) is 0. The zero-order valence-corrected chi connectivity index (χ0v) is 12.1. The van der Waals surface area contributed by atoms with Crippen LogP contribution in [0.5, 0.6) is 0 Å². The number of piperazine rings is 1. The number of aromatic nitrogens is 1. The van der Waals surface area contributed by atoms with Gasteiger partial charge in [-0.15, -0.1) is 0 Å². The molecule has 1 fully saturated rings. The molecule has 1 aliphatic rings. The molecule has 4 nitrogen and oxygen atoms in total. The van der Waals surface area contributed by atoms with Crippen molar-refractivity contribution < 1.29 is 4.79 Å². The van der Waals surface area contributed by atoms with Gasteiger partial charge in [-0.25, -0.2) is 0 Å². The van der Waals surface area contributed by atoms with Gasteiger partial charge >= 0.3 is 0 Å². The molecule has 0 spiro atoms. The minimum atomic E-state index is -0.0835. The molecule has 1 aromatic rings. The molecule has 0 aliphatic carbocycles. The molecule has 2 rings (SSSR count). The summed E-state index contributed by atoms with van der Waals surface area (Å²) in [5.74, 6) is 0.187. The molecule has 98 valence electrons. The molecule has 1 saturated heterocycles. The van der Waals surface area contributed by atoms with Crippen LogP contribution in [-0.2, 0) is 11.3 Å². The Balaban J connectivity index is 1.82. The lowest BCUT2D eigenvalue weighted by atomic mass is 10.2. The van der Waals surface area contributed by atoms with Crippen molar-refractivity contribution in [2.24, 2.45) is 0 Å². The molecule has 1 unspecified atom stereocenters. The van der Waals surface area contributed by atoms with Crippen LogP contribution in [-0.4, -0.2) is 51.7 Å². The van der Waals surface area contributed by atoms with Crippen LogP contribution < -0.4 is 0 Å². The summed E-state index contributed by atoms with van der Waals surface area (Å²) in [6.45, 7) is 6.20. The molecular formula is C13H18BrN3O. The maximum absolute atomic E-state index is 11.8. The smallest absolute Gasteiger partial charge is 0.236 e. The van der Waals surface area contributed by atoms with E-state index in [4.69, 9.17) is 0 Å². The van der Waals surface area contributed by atoms with E-state index in [0.29, 0.717) is 0 Å². The lowest BCUT2D eigenvalue weighted by Crippen LogP contribution is -2.49. The van der Waals surface area contributed by atoms with Crippen LogP contribution >= 0.6 is 15.9 Å². The first-order chi connectivity index (χ1) is 8.66. The van der Waals surface area contributed by atoms with Gasteiger partial charge in [0.1, 0.15) is 0 Å². The van der Waals surface area contributed by atoms with Crippen molar-refractivity contribution in [1.82, 2.24) is 14.8 Å². The van der Waals surface area contributed by atoms with Crippen LogP contribution in [0.15, 0.2) is 24.4 Å². The first-order valence-electron chi connectivity index (χ1n) is 6.22. The Bertz CT molecular complexity index is 388. The van der Waals surface area contributed by atoms with Gasteiger partial charge in [0.25, 0.3) is 0 Å². The molecule has 0 radical (unpaired) electrons. The van der Waals surface area contributed by atoms with Crippen molar-refractivity contribution in [3.8, 4) is 0 Å². The summed E-state index contributed by atoms with van der Waals surface area (Å²) in [6.07, 6.45) is 1.82. The van der Waals surface area contributed by atoms with Crippen LogP contribution in [0.1, 0.15) is 12.6 Å². The van der Waals surface area contributed by atoms with Crippen LogP contribution in [0, 0.1) is 0 Å². The predicted octanol–water partition coefficient (Wildman–Crippen LogP) is 1.51. The number of carbonyl (C=O) groups is 1. The summed E-state index contributed by atoms with van der Waals surface area (Å²) < 4.78 is 0. The number of rotatable bonds is 3. The van der Waals surface area contributed by atoms with Gasteiger partial charge in [0.2, 0.25) is 5.91 Å². The SMILES string of the molecule is CC(Br)C(=O)N1CCN(Cc2ccccn2)CC1. The average Bonchev–Trinajstić information content (AvgIpc) is 2.40. The van der Waals surface area contributed by atoms with E-state index >= 15 is 0 Å². The minimum absolute atomic E-state index is 0.0835. The lowest BCUT2D eigenvalue weighted by Gasteiger charge is -2.35. The second kappa shape index (κ2) is 6.29. The van der Waals surface area contributed by atoms with Gasteiger partial charge in [0.15, 0.2) is 0 Å². The fourth-order valence-corrected chi connectivity index (χ4v) is 2.39. The van der Waals surface area contributed by atoms with Crippen LogP contribution in [0.3, 0.4) is 0 Å². The Morgan fingerprint density at radius 3 is 2.67 bits per heavy atom. The average molecular weight is 312 g/mol. The molecule has 1 aromatic heterocycles. The molecule has 5 heteroatoms. The lowest BCUT2D eigenvalue weighted by molar-refractivity contribution is -0.131. The molecule has 18 heavy (non-hydrogen) atoms. The second-order valence-corrected chi connectivity index (χ2v) is 5.91. The molecule has 1 aliphatic heterocycles. The molecule has 2 heterocycles. The van der Waals surface area contributed by atoms with Crippen LogP contribution in [0.25, 0.3) is 0 Å². The number of nitrogens with zero attached hydrogens (tertiary/aromatic N) is 3. The first-order valence-corrected chi connectivity index (χ1v) is 7.13. The van der Waals surface area contributed by atoms with Gasteiger partial charge in [-0.05, 0) is 19.1 Å². The van der Waals surface area contributed by atoms with E-state index in [-0.39, 0.29) is 10.7 Å². The predicted molar refractivity (Wildman–Crippen MR) is 74.5 cm³/mol. The highest BCUT2D eigenvalue weighted by Crippen LogP contribution is 2.10. The number of alkyl halides is 1. The van der Waals surface area contributed by atoms with Crippen molar-refractivity contribution >= 4 is 21.8 Å². The minimum Gasteiger partial charge on any atom is -0.339 e. The third-order valence-electron chi connectivity index (χ3n) is 3.14. The van der Waals surface area contributed by atoms with E-state index in [0.717, 1.165) is 38.4 Å². The maximum atomic E-state index is 11.8. The molecule has 0 bridgehead atoms. The quantitative estimate of drug-likeness (QED) is 0.794. The number of hydrogen-bond acceptors (Lipinski definition) is 3. The fourth-order valence-electron chi connectivity index (χ4n) is 2.10. The van der Waals surface area contributed by atoms with Crippen molar-refractivity contribution in [1.29, 1.82) is 0 Å². The van der Waals surface area contributed by atoms with E-state index in [1.807, 2.05) is 36.2 Å². The largest absolute Gasteiger partial charge is 0.339 e. The fraction of sp³-hybridized carbons (Fsp3) is 0.538. The Morgan fingerprint density at radius 1 is 1.39 bits per heavy atom. The zero-order valence-electron chi connectivity index (χ0n) is 10.6. The van der Waals surface area contributed by atoms with Crippen LogP contribution in [0.2, 0.25) is 0 Å². The van der Waals surface area contributed by atoms with Crippen molar-refractivity contribution in [3.05, 3.63) is 30.1 Å². The standard InChI is InChI=1S/C13H18BrN3O/c1-11(14)13(18)17-8-6-16(7-9-17)10-12-4-2-3-5-15-12/h2-5,11H,6-10H2,1H3. The molecule has 1 atom stereocenters. The van der Waals surface area contributed by atoms with Gasteiger partial charge in [-0.2, -0.15) is 0 Å². The highest BCUT2D eigenvalue weighted by molar-refractivity contribution is 9.10. The second-order valence-electron chi connectivity index (χ2n) is 4.54. The third-order valence-corrected chi connectivity index (χ3v) is 3.53. The van der Waals surface area contributed by atoms with Gasteiger partial charge in [0.05, 0.1) is 10.5 Å². The van der Waals surface area contributed by atoms with Gasteiger partial charge in [-0.3, -0.25) is 14.7 Å². The van der Waals surface area contributed by atoms with Crippen LogP contribution in [0.4, 0.5) is 0 Å². The van der Waals surface area contributed by atoms with Crippen molar-refractivity contribution in [2.45, 2.75) is 18.3 Å². The summed E-state index contributed by atoms with van der Waals surface area (Å²) in [5, 5.41) is 0. The van der Waals surface area contributed by atoms with Gasteiger partial charge < -0.3 is 4.90 Å². The zero-order chi connectivity index (χ0) is 13.0. The third kappa shape index (κ3) is 3.53. The summed E-state index contributed by atoms with van der Waals surface area (Å²) >= 11 is 3.33. The summed E-state index contributed by atoms with van der Waals surface area (Å²) in [4.78, 5) is 20.3. The highest BCUT2D eigenvalue weighted by atomic mass is 79.9. The Hall–Kier alpha value is -0.940. The van der Waals surface area contributed by atoms with Gasteiger partial charge in [-0.1, -0.05) is 22.0 Å². The number of halogens is 1. The molecule has 1 amide bonds. The van der Waals surface area contributed by atoms with Crippen molar-refractivity contribution in [2.75, 3.05) is 26.2 Å². The highest BCUT2D eigenvalue weighted by Gasteiger charge is 2.23. The summed E-state index contributed by atoms with van der Waals surface area (Å²) in [6, 6.07) is 5.98. The molecule has 0 saturated carbocycles. The number of amides is 1. The Morgan fingerprint density at radius 2 is 2.11 bits per heavy atom. The van der Waals surface area contributed by atoms with Gasteiger partial charge in [0, 0.05) is 38.9 Å². The molecular weight excluding hydrogens is 294 g/mol. The topological polar surface area (TPSA) is 36.4 Å². The maximum Gasteiger partial charge on any atom is 0.236 e. The Kier molecular flexibility index (Phi) is 4.72. The monoisotopic (exact) mass is 311 g/mol. The normalized spacial score (nSPS) is 18.7. The molecule has 0 N–H and O–H groups in total. The number of pyridine rings is 1. The van der Waals surface area contributed by atoms with E-state index < -0.39 is 0 Å². The van der Waals surface area contributed by atoms with E-state index in [1.54, 1.807) is 0 Å². The van der Waals surface area contributed by atoms with E-state index in [2.05, 4.69) is 25.8 Å². The Labute approximate surface area is 116 Å². The number of hydrogen-bond donors (Lipinski definition) is 0. The van der Waals surface area contributed by atoms with Crippen molar-refractivity contribution in [3.63, 3.8) is 0 Å². The number of carbonyl (C=O) groups excluding carboxylic acids is 1. The first kappa shape index (κ1) is 13.5. The van der Waals surface area contributed by atoms with E-state index in [9.17, 15) is 4.79 Å². The summed E-state index contributed by atoms with van der Waals surface area (Å²) in [5.41, 5.74) is 1.09.